The summed E-state index contributed by atoms with van der Waals surface area (Å²) in [6, 6.07) is 12.3. The fourth-order valence-electron chi connectivity index (χ4n) is 2.72. The Bertz CT molecular complexity index is 597. The van der Waals surface area contributed by atoms with E-state index < -0.39 is 0 Å². The second-order valence-electron chi connectivity index (χ2n) is 4.95. The molecule has 1 aliphatic rings. The molecule has 1 atom stereocenters. The molecule has 0 amide bonds. The number of benzene rings is 2. The number of hydrogen-bond donors (Lipinski definition) is 2. The number of phenols is 1. The molecule has 0 aliphatic heterocycles. The Hall–Kier alpha value is -2.03. The lowest BCUT2D eigenvalue weighted by atomic mass is 9.87. The minimum atomic E-state index is -0.228. The SMILES string of the molecule is Oc1ccc2c(c1)CCCC2Nc1ccccc1F. The quantitative estimate of drug-likeness (QED) is 0.851. The highest BCUT2D eigenvalue weighted by molar-refractivity contribution is 5.49. The van der Waals surface area contributed by atoms with Crippen molar-refractivity contribution in [3.05, 3.63) is 59.4 Å². The van der Waals surface area contributed by atoms with Gasteiger partial charge in [-0.1, -0.05) is 18.2 Å². The molecule has 3 rings (SSSR count). The largest absolute Gasteiger partial charge is 0.508 e. The van der Waals surface area contributed by atoms with E-state index in [1.807, 2.05) is 18.2 Å². The Morgan fingerprint density at radius 1 is 1.16 bits per heavy atom. The monoisotopic (exact) mass is 257 g/mol. The van der Waals surface area contributed by atoms with E-state index in [0.29, 0.717) is 11.4 Å². The Morgan fingerprint density at radius 3 is 2.84 bits per heavy atom. The van der Waals surface area contributed by atoms with Gasteiger partial charge in [-0.3, -0.25) is 0 Å². The molecule has 1 aliphatic carbocycles. The average Bonchev–Trinajstić information content (AvgIpc) is 2.41. The van der Waals surface area contributed by atoms with E-state index >= 15 is 0 Å². The van der Waals surface area contributed by atoms with Crippen molar-refractivity contribution in [2.75, 3.05) is 5.32 Å². The Balaban J connectivity index is 1.90. The van der Waals surface area contributed by atoms with Gasteiger partial charge in [0, 0.05) is 0 Å². The Morgan fingerprint density at radius 2 is 2.00 bits per heavy atom. The zero-order chi connectivity index (χ0) is 13.2. The number of aromatic hydroxyl groups is 1. The van der Waals surface area contributed by atoms with Gasteiger partial charge in [-0.05, 0) is 54.7 Å². The van der Waals surface area contributed by atoms with Gasteiger partial charge in [0.05, 0.1) is 11.7 Å². The Kier molecular flexibility index (Phi) is 3.11. The first-order chi connectivity index (χ1) is 9.24. The van der Waals surface area contributed by atoms with Crippen molar-refractivity contribution in [3.8, 4) is 5.75 Å². The van der Waals surface area contributed by atoms with Gasteiger partial charge in [-0.15, -0.1) is 0 Å². The molecule has 2 N–H and O–H groups in total. The topological polar surface area (TPSA) is 32.3 Å². The van der Waals surface area contributed by atoms with Gasteiger partial charge >= 0.3 is 0 Å². The van der Waals surface area contributed by atoms with Crippen molar-refractivity contribution in [1.82, 2.24) is 0 Å². The minimum Gasteiger partial charge on any atom is -0.508 e. The number of halogens is 1. The number of phenolic OH excluding ortho intramolecular Hbond substituents is 1. The fraction of sp³-hybridized carbons (Fsp3) is 0.250. The average molecular weight is 257 g/mol. The maximum Gasteiger partial charge on any atom is 0.146 e. The van der Waals surface area contributed by atoms with Crippen LogP contribution in [-0.4, -0.2) is 5.11 Å². The summed E-state index contributed by atoms with van der Waals surface area (Å²) in [5.74, 6) is 0.0682. The second kappa shape index (κ2) is 4.92. The summed E-state index contributed by atoms with van der Waals surface area (Å²) in [5.41, 5.74) is 2.85. The third-order valence-corrected chi connectivity index (χ3v) is 3.64. The highest BCUT2D eigenvalue weighted by Crippen LogP contribution is 2.34. The third-order valence-electron chi connectivity index (χ3n) is 3.64. The van der Waals surface area contributed by atoms with Crippen LogP contribution in [0, 0.1) is 5.82 Å². The van der Waals surface area contributed by atoms with E-state index in [-0.39, 0.29) is 11.9 Å². The number of aryl methyl sites for hydroxylation is 1. The van der Waals surface area contributed by atoms with E-state index in [1.54, 1.807) is 18.2 Å². The van der Waals surface area contributed by atoms with Crippen molar-refractivity contribution in [2.24, 2.45) is 0 Å². The van der Waals surface area contributed by atoms with Crippen LogP contribution in [0.15, 0.2) is 42.5 Å². The molecular weight excluding hydrogens is 241 g/mol. The third kappa shape index (κ3) is 2.41. The first-order valence-electron chi connectivity index (χ1n) is 6.57. The molecule has 2 aromatic rings. The van der Waals surface area contributed by atoms with Crippen LogP contribution >= 0.6 is 0 Å². The van der Waals surface area contributed by atoms with Crippen LogP contribution < -0.4 is 5.32 Å². The molecule has 3 heteroatoms. The van der Waals surface area contributed by atoms with Crippen molar-refractivity contribution in [1.29, 1.82) is 0 Å². The van der Waals surface area contributed by atoms with Crippen molar-refractivity contribution < 1.29 is 9.50 Å². The van der Waals surface area contributed by atoms with E-state index in [9.17, 15) is 9.50 Å². The van der Waals surface area contributed by atoms with E-state index in [0.717, 1.165) is 30.4 Å². The van der Waals surface area contributed by atoms with Crippen LogP contribution in [-0.2, 0) is 6.42 Å². The molecule has 2 aromatic carbocycles. The van der Waals surface area contributed by atoms with Crippen molar-refractivity contribution in [2.45, 2.75) is 25.3 Å². The lowest BCUT2D eigenvalue weighted by Gasteiger charge is -2.27. The van der Waals surface area contributed by atoms with Crippen LogP contribution in [0.4, 0.5) is 10.1 Å². The van der Waals surface area contributed by atoms with Gasteiger partial charge in [0.1, 0.15) is 11.6 Å². The molecule has 2 nitrogen and oxygen atoms in total. The van der Waals surface area contributed by atoms with E-state index in [4.69, 9.17) is 0 Å². The van der Waals surface area contributed by atoms with Crippen LogP contribution in [0.3, 0.4) is 0 Å². The predicted octanol–water partition coefficient (Wildman–Crippen LogP) is 4.02. The zero-order valence-electron chi connectivity index (χ0n) is 10.6. The number of hydrogen-bond acceptors (Lipinski definition) is 2. The molecule has 0 fully saturated rings. The summed E-state index contributed by atoms with van der Waals surface area (Å²) < 4.78 is 13.7. The molecule has 19 heavy (non-hydrogen) atoms. The van der Waals surface area contributed by atoms with Crippen LogP contribution in [0.25, 0.3) is 0 Å². The van der Waals surface area contributed by atoms with Crippen LogP contribution in [0.2, 0.25) is 0 Å². The zero-order valence-corrected chi connectivity index (χ0v) is 10.6. The minimum absolute atomic E-state index is 0.112. The number of anilines is 1. The van der Waals surface area contributed by atoms with Crippen LogP contribution in [0.1, 0.15) is 30.0 Å². The molecule has 0 aromatic heterocycles. The highest BCUT2D eigenvalue weighted by atomic mass is 19.1. The van der Waals surface area contributed by atoms with Gasteiger partial charge < -0.3 is 10.4 Å². The maximum atomic E-state index is 13.7. The predicted molar refractivity (Wildman–Crippen MR) is 73.8 cm³/mol. The molecular formula is C16H16FNO. The second-order valence-corrected chi connectivity index (χ2v) is 4.95. The van der Waals surface area contributed by atoms with Gasteiger partial charge in [-0.2, -0.15) is 0 Å². The molecule has 0 radical (unpaired) electrons. The molecule has 1 unspecified atom stereocenters. The van der Waals surface area contributed by atoms with E-state index in [1.165, 1.54) is 6.07 Å². The number of nitrogens with one attached hydrogen (secondary N) is 1. The molecule has 0 saturated heterocycles. The summed E-state index contributed by atoms with van der Waals surface area (Å²) in [4.78, 5) is 0. The van der Waals surface area contributed by atoms with Gasteiger partial charge in [0.15, 0.2) is 0 Å². The molecule has 0 saturated carbocycles. The summed E-state index contributed by atoms with van der Waals surface area (Å²) in [6.07, 6.45) is 2.99. The number of para-hydroxylation sites is 1. The first kappa shape index (κ1) is 12.0. The highest BCUT2D eigenvalue weighted by Gasteiger charge is 2.21. The number of fused-ring (bicyclic) bond motifs is 1. The smallest absolute Gasteiger partial charge is 0.146 e. The van der Waals surface area contributed by atoms with Crippen molar-refractivity contribution >= 4 is 5.69 Å². The summed E-state index contributed by atoms with van der Waals surface area (Å²) in [7, 11) is 0. The standard InChI is InChI=1S/C16H16FNO/c17-14-5-1-2-6-16(14)18-15-7-3-4-11-10-12(19)8-9-13(11)15/h1-2,5-6,8-10,15,18-19H,3-4,7H2. The molecule has 0 spiro atoms. The molecule has 0 bridgehead atoms. The van der Waals surface area contributed by atoms with Gasteiger partial charge in [0.25, 0.3) is 0 Å². The summed E-state index contributed by atoms with van der Waals surface area (Å²) in [5, 5.41) is 12.8. The van der Waals surface area contributed by atoms with Crippen LogP contribution in [0.5, 0.6) is 5.75 Å². The molecule has 0 heterocycles. The van der Waals surface area contributed by atoms with Gasteiger partial charge in [0.2, 0.25) is 0 Å². The summed E-state index contributed by atoms with van der Waals surface area (Å²) >= 11 is 0. The lowest BCUT2D eigenvalue weighted by Crippen LogP contribution is -2.17. The Labute approximate surface area is 111 Å². The number of rotatable bonds is 2. The lowest BCUT2D eigenvalue weighted by molar-refractivity contribution is 0.472. The molecule has 98 valence electrons. The van der Waals surface area contributed by atoms with Gasteiger partial charge in [-0.25, -0.2) is 4.39 Å². The maximum absolute atomic E-state index is 13.7. The summed E-state index contributed by atoms with van der Waals surface area (Å²) in [6.45, 7) is 0. The normalized spacial score (nSPS) is 17.8. The van der Waals surface area contributed by atoms with E-state index in [2.05, 4.69) is 5.32 Å². The van der Waals surface area contributed by atoms with Crippen molar-refractivity contribution in [3.63, 3.8) is 0 Å². The fourth-order valence-corrected chi connectivity index (χ4v) is 2.72. The first-order valence-corrected chi connectivity index (χ1v) is 6.57.